The maximum absolute atomic E-state index is 13.1. The van der Waals surface area contributed by atoms with Crippen LogP contribution in [0.3, 0.4) is 0 Å². The Morgan fingerprint density at radius 3 is 2.46 bits per heavy atom. The minimum absolute atomic E-state index is 0.163. The predicted molar refractivity (Wildman–Crippen MR) is 104 cm³/mol. The van der Waals surface area contributed by atoms with E-state index >= 15 is 0 Å². The molecular weight excluding hydrogens is 346 g/mol. The number of thiazole rings is 1. The van der Waals surface area contributed by atoms with E-state index in [1.807, 2.05) is 36.6 Å². The van der Waals surface area contributed by atoms with Crippen molar-refractivity contribution >= 4 is 22.2 Å². The summed E-state index contributed by atoms with van der Waals surface area (Å²) in [6, 6.07) is 8.02. The maximum Gasteiger partial charge on any atom is 0.271 e. The molecule has 3 heterocycles. The van der Waals surface area contributed by atoms with Gasteiger partial charge in [0.25, 0.3) is 11.5 Å². The average molecular weight is 367 g/mol. The number of benzene rings is 1. The first kappa shape index (κ1) is 17.0. The van der Waals surface area contributed by atoms with Gasteiger partial charge >= 0.3 is 0 Å². The second kappa shape index (κ2) is 7.03. The third-order valence-corrected chi connectivity index (χ3v) is 5.76. The molecule has 0 atom stereocenters. The number of nitrogens with zero attached hydrogens (tertiary/aromatic N) is 3. The second-order valence-corrected chi connectivity index (χ2v) is 7.62. The van der Waals surface area contributed by atoms with Gasteiger partial charge < -0.3 is 4.90 Å². The molecule has 0 saturated carbocycles. The van der Waals surface area contributed by atoms with Crippen molar-refractivity contribution in [1.82, 2.24) is 14.3 Å². The second-order valence-electron chi connectivity index (χ2n) is 6.79. The van der Waals surface area contributed by atoms with Crippen molar-refractivity contribution in [3.8, 4) is 11.3 Å². The number of likely N-dealkylation sites (tertiary alicyclic amines) is 1. The molecule has 1 saturated heterocycles. The molecule has 0 aliphatic carbocycles. The number of rotatable bonds is 2. The Bertz CT molecular complexity index is 996. The van der Waals surface area contributed by atoms with Gasteiger partial charge in [0.05, 0.1) is 5.69 Å². The van der Waals surface area contributed by atoms with Crippen LogP contribution in [0.15, 0.2) is 40.6 Å². The van der Waals surface area contributed by atoms with Crippen molar-refractivity contribution in [2.75, 3.05) is 13.1 Å². The topological polar surface area (TPSA) is 54.7 Å². The molecule has 0 N–H and O–H groups in total. The van der Waals surface area contributed by atoms with Crippen molar-refractivity contribution in [3.05, 3.63) is 57.3 Å². The molecule has 1 aromatic carbocycles. The third kappa shape index (κ3) is 3.05. The first-order chi connectivity index (χ1) is 12.6. The van der Waals surface area contributed by atoms with E-state index in [2.05, 4.69) is 4.98 Å². The Labute approximate surface area is 155 Å². The molecule has 3 aromatic rings. The first-order valence-corrected chi connectivity index (χ1v) is 9.89. The summed E-state index contributed by atoms with van der Waals surface area (Å²) in [5.74, 6) is -0.195. The number of carbonyl (C=O) groups is 1. The lowest BCUT2D eigenvalue weighted by Gasteiger charge is -2.19. The molecule has 0 bridgehead atoms. The molecule has 0 unspecified atom stereocenters. The van der Waals surface area contributed by atoms with E-state index in [9.17, 15) is 9.59 Å². The Hall–Kier alpha value is -2.47. The Morgan fingerprint density at radius 2 is 1.77 bits per heavy atom. The molecular formula is C20H21N3O2S. The lowest BCUT2D eigenvalue weighted by Crippen LogP contribution is -2.36. The molecule has 134 valence electrons. The smallest absolute Gasteiger partial charge is 0.271 e. The minimum atomic E-state index is -0.277. The minimum Gasteiger partial charge on any atom is -0.338 e. The zero-order chi connectivity index (χ0) is 18.1. The van der Waals surface area contributed by atoms with Gasteiger partial charge in [-0.15, -0.1) is 11.3 Å². The first-order valence-electron chi connectivity index (χ1n) is 9.01. The highest BCUT2D eigenvalue weighted by molar-refractivity contribution is 7.15. The Kier molecular flexibility index (Phi) is 4.59. The highest BCUT2D eigenvalue weighted by atomic mass is 32.1. The van der Waals surface area contributed by atoms with Crippen LogP contribution in [0.4, 0.5) is 0 Å². The molecule has 1 amide bonds. The van der Waals surface area contributed by atoms with E-state index in [1.54, 1.807) is 9.30 Å². The number of hydrogen-bond donors (Lipinski definition) is 0. The normalized spacial score (nSPS) is 15.2. The molecule has 1 aliphatic heterocycles. The number of aromatic nitrogens is 2. The number of fused-ring (bicyclic) bond motifs is 1. The number of aryl methyl sites for hydroxylation is 1. The largest absolute Gasteiger partial charge is 0.338 e. The van der Waals surface area contributed by atoms with Gasteiger partial charge in [0, 0.05) is 24.7 Å². The van der Waals surface area contributed by atoms with E-state index < -0.39 is 0 Å². The van der Waals surface area contributed by atoms with Gasteiger partial charge in [-0.05, 0) is 25.3 Å². The Morgan fingerprint density at radius 1 is 1.08 bits per heavy atom. The summed E-state index contributed by atoms with van der Waals surface area (Å²) < 4.78 is 1.57. The van der Waals surface area contributed by atoms with Crippen molar-refractivity contribution in [3.63, 3.8) is 0 Å². The van der Waals surface area contributed by atoms with Crippen LogP contribution in [-0.2, 0) is 0 Å². The van der Waals surface area contributed by atoms with Crippen LogP contribution in [0.2, 0.25) is 0 Å². The molecule has 6 heteroatoms. The molecule has 26 heavy (non-hydrogen) atoms. The van der Waals surface area contributed by atoms with Gasteiger partial charge in [0.1, 0.15) is 5.56 Å². The van der Waals surface area contributed by atoms with Gasteiger partial charge in [0.15, 0.2) is 4.96 Å². The van der Waals surface area contributed by atoms with Crippen molar-refractivity contribution in [2.45, 2.75) is 32.6 Å². The molecule has 2 aromatic heterocycles. The summed E-state index contributed by atoms with van der Waals surface area (Å²) >= 11 is 1.41. The summed E-state index contributed by atoms with van der Waals surface area (Å²) in [6.07, 6.45) is 5.72. The highest BCUT2D eigenvalue weighted by Crippen LogP contribution is 2.24. The summed E-state index contributed by atoms with van der Waals surface area (Å²) in [5.41, 5.74) is 2.78. The summed E-state index contributed by atoms with van der Waals surface area (Å²) in [4.78, 5) is 32.8. The number of carbonyl (C=O) groups excluding carboxylic acids is 1. The van der Waals surface area contributed by atoms with Gasteiger partial charge in [0.2, 0.25) is 0 Å². The predicted octanol–water partition coefficient (Wildman–Crippen LogP) is 3.75. The summed E-state index contributed by atoms with van der Waals surface area (Å²) in [5, 5.41) is 1.93. The van der Waals surface area contributed by atoms with Gasteiger partial charge in [-0.3, -0.25) is 14.0 Å². The highest BCUT2D eigenvalue weighted by Gasteiger charge is 2.22. The van der Waals surface area contributed by atoms with Gasteiger partial charge in [-0.2, -0.15) is 0 Å². The lowest BCUT2D eigenvalue weighted by molar-refractivity contribution is 0.0759. The van der Waals surface area contributed by atoms with Crippen LogP contribution < -0.4 is 5.56 Å². The van der Waals surface area contributed by atoms with E-state index in [0.717, 1.165) is 55.6 Å². The van der Waals surface area contributed by atoms with Crippen molar-refractivity contribution < 1.29 is 4.79 Å². The SMILES string of the molecule is Cc1ccc(-c2csc3ncc(C(=O)N4CCCCCC4)c(=O)n23)cc1. The van der Waals surface area contributed by atoms with Crippen LogP contribution >= 0.6 is 11.3 Å². The van der Waals surface area contributed by atoms with Crippen molar-refractivity contribution in [2.24, 2.45) is 0 Å². The zero-order valence-electron chi connectivity index (χ0n) is 14.8. The third-order valence-electron chi connectivity index (χ3n) is 4.92. The van der Waals surface area contributed by atoms with Gasteiger partial charge in [-0.25, -0.2) is 4.98 Å². The summed E-state index contributed by atoms with van der Waals surface area (Å²) in [7, 11) is 0. The average Bonchev–Trinajstić information content (AvgIpc) is 2.90. The lowest BCUT2D eigenvalue weighted by atomic mass is 10.1. The van der Waals surface area contributed by atoms with Crippen LogP contribution in [-0.4, -0.2) is 33.3 Å². The fourth-order valence-corrected chi connectivity index (χ4v) is 4.27. The molecule has 0 radical (unpaired) electrons. The number of hydrogen-bond acceptors (Lipinski definition) is 4. The fraction of sp³-hybridized carbons (Fsp3) is 0.350. The zero-order valence-corrected chi connectivity index (χ0v) is 15.6. The molecule has 1 fully saturated rings. The molecule has 1 aliphatic rings. The maximum atomic E-state index is 13.1. The van der Waals surface area contributed by atoms with Crippen LogP contribution in [0, 0.1) is 6.92 Å². The van der Waals surface area contributed by atoms with E-state index in [-0.39, 0.29) is 17.0 Å². The monoisotopic (exact) mass is 367 g/mol. The molecule has 5 nitrogen and oxygen atoms in total. The quantitative estimate of drug-likeness (QED) is 0.693. The summed E-state index contributed by atoms with van der Waals surface area (Å²) in [6.45, 7) is 3.46. The molecule has 0 spiro atoms. The van der Waals surface area contributed by atoms with Crippen LogP contribution in [0.5, 0.6) is 0 Å². The van der Waals surface area contributed by atoms with E-state index in [1.165, 1.54) is 17.5 Å². The molecule has 4 rings (SSSR count). The number of amides is 1. The van der Waals surface area contributed by atoms with E-state index in [4.69, 9.17) is 0 Å². The van der Waals surface area contributed by atoms with E-state index in [0.29, 0.717) is 4.96 Å². The van der Waals surface area contributed by atoms with Gasteiger partial charge in [-0.1, -0.05) is 42.7 Å². The van der Waals surface area contributed by atoms with Crippen LogP contribution in [0.1, 0.15) is 41.6 Å². The standard InChI is InChI=1S/C20H21N3O2S/c1-14-6-8-15(9-7-14)17-13-26-20-21-12-16(19(25)23(17)20)18(24)22-10-4-2-3-5-11-22/h6-9,12-13H,2-5,10-11H2,1H3. The van der Waals surface area contributed by atoms with Crippen molar-refractivity contribution in [1.29, 1.82) is 0 Å². The Balaban J connectivity index is 1.79. The fourth-order valence-electron chi connectivity index (χ4n) is 3.41. The van der Waals surface area contributed by atoms with Crippen LogP contribution in [0.25, 0.3) is 16.2 Å².